The Morgan fingerprint density at radius 2 is 1.88 bits per heavy atom. The highest BCUT2D eigenvalue weighted by molar-refractivity contribution is 7.89. The van der Waals surface area contributed by atoms with Crippen molar-refractivity contribution in [3.05, 3.63) is 0 Å². The number of sulfonamides is 1. The highest BCUT2D eigenvalue weighted by Gasteiger charge is 2.27. The van der Waals surface area contributed by atoms with E-state index < -0.39 is 10.0 Å². The minimum Gasteiger partial charge on any atom is -0.286 e. The average molecular weight is 259 g/mol. The van der Waals surface area contributed by atoms with Crippen molar-refractivity contribution >= 4 is 10.0 Å². The fourth-order valence-electron chi connectivity index (χ4n) is 1.91. The molecule has 6 heteroatoms. The van der Waals surface area contributed by atoms with Gasteiger partial charge in [-0.25, -0.2) is 8.42 Å². The second-order valence-electron chi connectivity index (χ2n) is 4.41. The monoisotopic (exact) mass is 259 g/mol. The molecule has 1 saturated heterocycles. The van der Waals surface area contributed by atoms with Crippen LogP contribution >= 0.6 is 0 Å². The Hall–Kier alpha value is -0.640. The standard InChI is InChI=1S/C11H21N3O2S/c1-3-4-9-17(15,16)14-7-5-13(6-8-14)11(2)10-12/h11H,3-9H2,1-2H3. The molecule has 0 saturated carbocycles. The third-order valence-corrected chi connectivity index (χ3v) is 5.11. The molecule has 1 aliphatic heterocycles. The zero-order chi connectivity index (χ0) is 12.9. The van der Waals surface area contributed by atoms with Gasteiger partial charge in [0.15, 0.2) is 0 Å². The van der Waals surface area contributed by atoms with Gasteiger partial charge in [-0.3, -0.25) is 4.90 Å². The molecule has 0 radical (unpaired) electrons. The molecule has 0 aliphatic carbocycles. The van der Waals surface area contributed by atoms with Crippen LogP contribution in [0.25, 0.3) is 0 Å². The largest absolute Gasteiger partial charge is 0.286 e. The Morgan fingerprint density at radius 3 is 2.35 bits per heavy atom. The molecule has 0 aromatic rings. The van der Waals surface area contributed by atoms with E-state index in [9.17, 15) is 8.42 Å². The van der Waals surface area contributed by atoms with Gasteiger partial charge in [-0.1, -0.05) is 13.3 Å². The minimum atomic E-state index is -3.08. The summed E-state index contributed by atoms with van der Waals surface area (Å²) in [5.41, 5.74) is 0. The van der Waals surface area contributed by atoms with Gasteiger partial charge in [0.2, 0.25) is 10.0 Å². The van der Waals surface area contributed by atoms with Gasteiger partial charge < -0.3 is 0 Å². The first-order valence-electron chi connectivity index (χ1n) is 6.12. The van der Waals surface area contributed by atoms with Crippen LogP contribution < -0.4 is 0 Å². The smallest absolute Gasteiger partial charge is 0.214 e. The van der Waals surface area contributed by atoms with E-state index in [0.717, 1.165) is 12.8 Å². The van der Waals surface area contributed by atoms with E-state index in [4.69, 9.17) is 5.26 Å². The number of hydrogen-bond donors (Lipinski definition) is 0. The van der Waals surface area contributed by atoms with Crippen molar-refractivity contribution in [2.24, 2.45) is 0 Å². The molecule has 1 fully saturated rings. The van der Waals surface area contributed by atoms with E-state index in [1.807, 2.05) is 18.7 Å². The van der Waals surface area contributed by atoms with E-state index >= 15 is 0 Å². The summed E-state index contributed by atoms with van der Waals surface area (Å²) in [6.07, 6.45) is 1.61. The summed E-state index contributed by atoms with van der Waals surface area (Å²) < 4.78 is 25.4. The fourth-order valence-corrected chi connectivity index (χ4v) is 3.54. The number of nitrogens with zero attached hydrogens (tertiary/aromatic N) is 3. The number of rotatable bonds is 5. The van der Waals surface area contributed by atoms with Crippen LogP contribution in [0.15, 0.2) is 0 Å². The van der Waals surface area contributed by atoms with E-state index in [2.05, 4.69) is 6.07 Å². The second-order valence-corrected chi connectivity index (χ2v) is 6.50. The van der Waals surface area contributed by atoms with Crippen LogP contribution in [-0.2, 0) is 10.0 Å². The van der Waals surface area contributed by atoms with Crippen LogP contribution in [0.5, 0.6) is 0 Å². The average Bonchev–Trinajstić information content (AvgIpc) is 2.35. The molecule has 0 amide bonds. The number of nitriles is 1. The molecular weight excluding hydrogens is 238 g/mol. The van der Waals surface area contributed by atoms with Gasteiger partial charge in [-0.15, -0.1) is 0 Å². The molecule has 1 rings (SSSR count). The summed E-state index contributed by atoms with van der Waals surface area (Å²) in [6, 6.07) is 2.05. The molecule has 0 bridgehead atoms. The molecule has 1 unspecified atom stereocenters. The van der Waals surface area contributed by atoms with Gasteiger partial charge in [0, 0.05) is 26.2 Å². The Bertz CT molecular complexity index is 367. The molecule has 0 aromatic heterocycles. The molecule has 17 heavy (non-hydrogen) atoms. The second kappa shape index (κ2) is 6.34. The van der Waals surface area contributed by atoms with Crippen LogP contribution in [0, 0.1) is 11.3 Å². The van der Waals surface area contributed by atoms with Crippen LogP contribution in [-0.4, -0.2) is 55.6 Å². The van der Waals surface area contributed by atoms with Gasteiger partial charge in [-0.2, -0.15) is 9.57 Å². The quantitative estimate of drug-likeness (QED) is 0.727. The maximum atomic E-state index is 11.9. The maximum Gasteiger partial charge on any atom is 0.214 e. The fraction of sp³-hybridized carbons (Fsp3) is 0.909. The first-order chi connectivity index (χ1) is 8.01. The Balaban J connectivity index is 2.49. The normalized spacial score (nSPS) is 21.0. The van der Waals surface area contributed by atoms with Crippen molar-refractivity contribution in [2.45, 2.75) is 32.7 Å². The van der Waals surface area contributed by atoms with E-state index in [1.165, 1.54) is 0 Å². The zero-order valence-corrected chi connectivity index (χ0v) is 11.4. The summed E-state index contributed by atoms with van der Waals surface area (Å²) in [7, 11) is -3.08. The van der Waals surface area contributed by atoms with Crippen LogP contribution in [0.3, 0.4) is 0 Å². The van der Waals surface area contributed by atoms with Crippen LogP contribution in [0.1, 0.15) is 26.7 Å². The number of piperazine rings is 1. The first-order valence-corrected chi connectivity index (χ1v) is 7.73. The summed E-state index contributed by atoms with van der Waals surface area (Å²) in [4.78, 5) is 2.02. The highest BCUT2D eigenvalue weighted by atomic mass is 32.2. The van der Waals surface area contributed by atoms with Gasteiger partial charge in [0.05, 0.1) is 17.9 Å². The molecule has 1 aliphatic rings. The third-order valence-electron chi connectivity index (χ3n) is 3.16. The topological polar surface area (TPSA) is 64.4 Å². The van der Waals surface area contributed by atoms with Crippen LogP contribution in [0.4, 0.5) is 0 Å². The SMILES string of the molecule is CCCCS(=O)(=O)N1CCN(C(C)C#N)CC1. The predicted molar refractivity (Wildman–Crippen MR) is 66.9 cm³/mol. The van der Waals surface area contributed by atoms with Crippen molar-refractivity contribution in [3.63, 3.8) is 0 Å². The van der Waals surface area contributed by atoms with Crippen molar-refractivity contribution in [1.29, 1.82) is 5.26 Å². The lowest BCUT2D eigenvalue weighted by molar-refractivity contribution is 0.169. The molecule has 5 nitrogen and oxygen atoms in total. The maximum absolute atomic E-state index is 11.9. The Labute approximate surface area is 104 Å². The van der Waals surface area contributed by atoms with Gasteiger partial charge in [0.25, 0.3) is 0 Å². The lowest BCUT2D eigenvalue weighted by Crippen LogP contribution is -2.51. The highest BCUT2D eigenvalue weighted by Crippen LogP contribution is 2.11. The number of unbranched alkanes of at least 4 members (excludes halogenated alkanes) is 1. The molecule has 1 atom stereocenters. The lowest BCUT2D eigenvalue weighted by Gasteiger charge is -2.35. The van der Waals surface area contributed by atoms with Crippen molar-refractivity contribution < 1.29 is 8.42 Å². The van der Waals surface area contributed by atoms with Crippen molar-refractivity contribution in [2.75, 3.05) is 31.9 Å². The van der Waals surface area contributed by atoms with Gasteiger partial charge in [-0.05, 0) is 13.3 Å². The van der Waals surface area contributed by atoms with E-state index in [1.54, 1.807) is 4.31 Å². The molecular formula is C11H21N3O2S. The summed E-state index contributed by atoms with van der Waals surface area (Å²) in [5.74, 6) is 0.247. The van der Waals surface area contributed by atoms with E-state index in [0.29, 0.717) is 26.2 Å². The summed E-state index contributed by atoms with van der Waals surface area (Å²) in [6.45, 7) is 6.17. The van der Waals surface area contributed by atoms with Crippen molar-refractivity contribution in [1.82, 2.24) is 9.21 Å². The summed E-state index contributed by atoms with van der Waals surface area (Å²) >= 11 is 0. The zero-order valence-electron chi connectivity index (χ0n) is 10.6. The predicted octanol–water partition coefficient (Wildman–Crippen LogP) is 0.646. The van der Waals surface area contributed by atoms with Gasteiger partial charge in [0.1, 0.15) is 0 Å². The van der Waals surface area contributed by atoms with E-state index in [-0.39, 0.29) is 11.8 Å². The first kappa shape index (κ1) is 14.4. The molecule has 0 spiro atoms. The lowest BCUT2D eigenvalue weighted by atomic mass is 10.2. The number of hydrogen-bond acceptors (Lipinski definition) is 4. The van der Waals surface area contributed by atoms with Crippen LogP contribution in [0.2, 0.25) is 0 Å². The summed E-state index contributed by atoms with van der Waals surface area (Å²) in [5, 5.41) is 8.81. The molecule has 1 heterocycles. The molecule has 0 aromatic carbocycles. The molecule has 98 valence electrons. The Kier molecular flexibility index (Phi) is 5.37. The third kappa shape index (κ3) is 3.95. The van der Waals surface area contributed by atoms with Gasteiger partial charge >= 0.3 is 0 Å². The molecule has 0 N–H and O–H groups in total. The minimum absolute atomic E-state index is 0.129. The van der Waals surface area contributed by atoms with Crippen molar-refractivity contribution in [3.8, 4) is 6.07 Å². The Morgan fingerprint density at radius 1 is 1.29 bits per heavy atom.